The third kappa shape index (κ3) is 3.86. The van der Waals surface area contributed by atoms with Gasteiger partial charge >= 0.3 is 0 Å². The van der Waals surface area contributed by atoms with Crippen molar-refractivity contribution in [3.8, 4) is 0 Å². The fourth-order valence-electron chi connectivity index (χ4n) is 5.48. The molecule has 0 bridgehead atoms. The van der Waals surface area contributed by atoms with Crippen molar-refractivity contribution in [3.05, 3.63) is 65.4 Å². The van der Waals surface area contributed by atoms with E-state index in [1.807, 2.05) is 0 Å². The summed E-state index contributed by atoms with van der Waals surface area (Å²) in [6.45, 7) is 12.6. The Labute approximate surface area is 180 Å². The van der Waals surface area contributed by atoms with Crippen LogP contribution in [0.4, 0.5) is 5.69 Å². The number of aromatic amines is 1. The number of nitrogens with one attached hydrogen (secondary N) is 1. The fourth-order valence-corrected chi connectivity index (χ4v) is 5.48. The van der Waals surface area contributed by atoms with Gasteiger partial charge in [-0.1, -0.05) is 36.4 Å². The van der Waals surface area contributed by atoms with E-state index in [0.717, 1.165) is 19.6 Å². The van der Waals surface area contributed by atoms with Crippen molar-refractivity contribution in [2.45, 2.75) is 39.3 Å². The minimum Gasteiger partial charge on any atom is -0.369 e. The van der Waals surface area contributed by atoms with Crippen LogP contribution in [0.3, 0.4) is 0 Å². The lowest BCUT2D eigenvalue weighted by Gasteiger charge is -2.44. The summed E-state index contributed by atoms with van der Waals surface area (Å²) < 4.78 is 0. The molecule has 2 aliphatic rings. The van der Waals surface area contributed by atoms with Gasteiger partial charge in [-0.05, 0) is 56.5 Å². The molecule has 2 aliphatic heterocycles. The number of piperidine rings is 1. The molecule has 4 heteroatoms. The fraction of sp³-hybridized carbons (Fsp3) is 0.462. The van der Waals surface area contributed by atoms with Crippen LogP contribution >= 0.6 is 0 Å². The molecule has 4 nitrogen and oxygen atoms in total. The highest BCUT2D eigenvalue weighted by molar-refractivity contribution is 5.84. The molecule has 0 aliphatic carbocycles. The number of hydrogen-bond donors (Lipinski definition) is 1. The first-order valence-corrected chi connectivity index (χ1v) is 11.5. The van der Waals surface area contributed by atoms with E-state index in [9.17, 15) is 0 Å². The molecule has 1 N–H and O–H groups in total. The van der Waals surface area contributed by atoms with Gasteiger partial charge in [0.1, 0.15) is 0 Å². The molecular weight excluding hydrogens is 368 g/mol. The summed E-state index contributed by atoms with van der Waals surface area (Å²) >= 11 is 0. The zero-order valence-corrected chi connectivity index (χ0v) is 18.4. The van der Waals surface area contributed by atoms with Crippen LogP contribution < -0.4 is 4.90 Å². The molecular formula is C26H34N4. The van der Waals surface area contributed by atoms with Gasteiger partial charge in [0, 0.05) is 67.6 Å². The number of H-pyrrole nitrogens is 1. The zero-order chi connectivity index (χ0) is 20.5. The van der Waals surface area contributed by atoms with Crippen molar-refractivity contribution in [3.63, 3.8) is 0 Å². The van der Waals surface area contributed by atoms with Crippen molar-refractivity contribution < 1.29 is 0 Å². The van der Waals surface area contributed by atoms with E-state index in [1.165, 1.54) is 72.4 Å². The SMILES string of the molecule is Cc1ccccc1N1CCN(C2CCCN(Cc3c(C)[nH]c4ccccc34)C2)CC1. The minimum atomic E-state index is 0.697. The van der Waals surface area contributed by atoms with Crippen molar-refractivity contribution in [1.82, 2.24) is 14.8 Å². The maximum Gasteiger partial charge on any atom is 0.0459 e. The summed E-state index contributed by atoms with van der Waals surface area (Å²) in [6, 6.07) is 18.2. The molecule has 2 saturated heterocycles. The van der Waals surface area contributed by atoms with E-state index in [2.05, 4.69) is 82.1 Å². The Morgan fingerprint density at radius 3 is 2.50 bits per heavy atom. The molecule has 0 spiro atoms. The van der Waals surface area contributed by atoms with Gasteiger partial charge in [-0.3, -0.25) is 9.80 Å². The number of likely N-dealkylation sites (tertiary alicyclic amines) is 1. The number of anilines is 1. The van der Waals surface area contributed by atoms with E-state index in [4.69, 9.17) is 0 Å². The lowest BCUT2D eigenvalue weighted by molar-refractivity contribution is 0.0889. The maximum absolute atomic E-state index is 3.57. The van der Waals surface area contributed by atoms with E-state index in [-0.39, 0.29) is 0 Å². The number of fused-ring (bicyclic) bond motifs is 1. The second-order valence-corrected chi connectivity index (χ2v) is 9.11. The van der Waals surface area contributed by atoms with Gasteiger partial charge in [-0.15, -0.1) is 0 Å². The first-order valence-electron chi connectivity index (χ1n) is 11.5. The van der Waals surface area contributed by atoms with Gasteiger partial charge in [-0.2, -0.15) is 0 Å². The van der Waals surface area contributed by atoms with Gasteiger partial charge in [0.05, 0.1) is 0 Å². The molecule has 5 rings (SSSR count). The van der Waals surface area contributed by atoms with Crippen LogP contribution in [0.5, 0.6) is 0 Å². The summed E-state index contributed by atoms with van der Waals surface area (Å²) in [5.74, 6) is 0. The molecule has 1 atom stereocenters. The number of rotatable bonds is 4. The van der Waals surface area contributed by atoms with Crippen molar-refractivity contribution in [2.24, 2.45) is 0 Å². The summed E-state index contributed by atoms with van der Waals surface area (Å²) in [5, 5.41) is 1.39. The largest absolute Gasteiger partial charge is 0.369 e. The van der Waals surface area contributed by atoms with Crippen LogP contribution in [0.25, 0.3) is 10.9 Å². The van der Waals surface area contributed by atoms with Gasteiger partial charge in [0.2, 0.25) is 0 Å². The van der Waals surface area contributed by atoms with Crippen LogP contribution in [0, 0.1) is 13.8 Å². The number of aryl methyl sites for hydroxylation is 2. The smallest absolute Gasteiger partial charge is 0.0459 e. The molecule has 1 aromatic heterocycles. The normalized spacial score (nSPS) is 21.4. The van der Waals surface area contributed by atoms with E-state index in [0.29, 0.717) is 6.04 Å². The Morgan fingerprint density at radius 2 is 1.67 bits per heavy atom. The van der Waals surface area contributed by atoms with Crippen LogP contribution in [0.2, 0.25) is 0 Å². The number of para-hydroxylation sites is 2. The van der Waals surface area contributed by atoms with Crippen LogP contribution in [0.15, 0.2) is 48.5 Å². The highest BCUT2D eigenvalue weighted by Crippen LogP contribution is 2.27. The Kier molecular flexibility index (Phi) is 5.53. The first-order chi connectivity index (χ1) is 14.7. The number of piperazine rings is 1. The van der Waals surface area contributed by atoms with Crippen LogP contribution in [-0.4, -0.2) is 60.1 Å². The number of benzene rings is 2. The minimum absolute atomic E-state index is 0.697. The maximum atomic E-state index is 3.57. The first kappa shape index (κ1) is 19.7. The standard InChI is InChI=1S/C26H34N4/c1-20-8-3-6-12-26(20)30-16-14-29(15-17-30)22-9-7-13-28(18-22)19-24-21(2)27-25-11-5-4-10-23(24)25/h3-6,8,10-12,22,27H,7,9,13-19H2,1-2H3. The Hall–Kier alpha value is -2.30. The summed E-state index contributed by atoms with van der Waals surface area (Å²) in [6.07, 6.45) is 2.65. The Balaban J connectivity index is 1.22. The summed E-state index contributed by atoms with van der Waals surface area (Å²) in [5.41, 5.74) is 6.88. The molecule has 2 fully saturated rings. The Morgan fingerprint density at radius 1 is 0.900 bits per heavy atom. The van der Waals surface area contributed by atoms with Gasteiger partial charge in [0.25, 0.3) is 0 Å². The molecule has 158 valence electrons. The van der Waals surface area contributed by atoms with E-state index < -0.39 is 0 Å². The highest BCUT2D eigenvalue weighted by atomic mass is 15.3. The molecule has 3 heterocycles. The van der Waals surface area contributed by atoms with Gasteiger partial charge in [0.15, 0.2) is 0 Å². The second-order valence-electron chi connectivity index (χ2n) is 9.11. The van der Waals surface area contributed by atoms with E-state index >= 15 is 0 Å². The second kappa shape index (κ2) is 8.44. The van der Waals surface area contributed by atoms with Crippen molar-refractivity contribution >= 4 is 16.6 Å². The monoisotopic (exact) mass is 402 g/mol. The third-order valence-electron chi connectivity index (χ3n) is 7.18. The molecule has 2 aromatic carbocycles. The Bertz CT molecular complexity index is 999. The molecule has 3 aromatic rings. The topological polar surface area (TPSA) is 25.5 Å². The van der Waals surface area contributed by atoms with Gasteiger partial charge in [-0.25, -0.2) is 0 Å². The molecule has 30 heavy (non-hydrogen) atoms. The molecule has 0 saturated carbocycles. The predicted molar refractivity (Wildman–Crippen MR) is 126 cm³/mol. The quantitative estimate of drug-likeness (QED) is 0.692. The van der Waals surface area contributed by atoms with Crippen molar-refractivity contribution in [2.75, 3.05) is 44.2 Å². The number of hydrogen-bond acceptors (Lipinski definition) is 3. The molecule has 1 unspecified atom stereocenters. The number of nitrogens with zero attached hydrogens (tertiary/aromatic N) is 3. The number of aromatic nitrogens is 1. The lowest BCUT2D eigenvalue weighted by atomic mass is 10.0. The zero-order valence-electron chi connectivity index (χ0n) is 18.4. The van der Waals surface area contributed by atoms with Crippen LogP contribution in [0.1, 0.15) is 29.7 Å². The summed E-state index contributed by atoms with van der Waals surface area (Å²) in [7, 11) is 0. The van der Waals surface area contributed by atoms with Crippen molar-refractivity contribution in [1.29, 1.82) is 0 Å². The average molecular weight is 403 g/mol. The van der Waals surface area contributed by atoms with Gasteiger partial charge < -0.3 is 9.88 Å². The third-order valence-corrected chi connectivity index (χ3v) is 7.18. The molecule has 0 radical (unpaired) electrons. The average Bonchev–Trinajstić information content (AvgIpc) is 3.10. The van der Waals surface area contributed by atoms with Crippen LogP contribution in [-0.2, 0) is 6.54 Å². The highest BCUT2D eigenvalue weighted by Gasteiger charge is 2.29. The lowest BCUT2D eigenvalue weighted by Crippen LogP contribution is -2.55. The van der Waals surface area contributed by atoms with E-state index in [1.54, 1.807) is 0 Å². The summed E-state index contributed by atoms with van der Waals surface area (Å²) in [4.78, 5) is 11.6. The molecule has 0 amide bonds. The predicted octanol–water partition coefficient (Wildman–Crippen LogP) is 4.57.